The highest BCUT2D eigenvalue weighted by Crippen LogP contribution is 2.15. The van der Waals surface area contributed by atoms with Gasteiger partial charge in [0.2, 0.25) is 0 Å². The summed E-state index contributed by atoms with van der Waals surface area (Å²) in [4.78, 5) is 0. The molecule has 1 rings (SSSR count). The van der Waals surface area contributed by atoms with Gasteiger partial charge in [0.05, 0.1) is 25.5 Å². The Kier molecular flexibility index (Phi) is 9.42. The quantitative estimate of drug-likeness (QED) is 0.566. The first-order chi connectivity index (χ1) is 9.77. The molecular formula is C17H31NO2. The van der Waals surface area contributed by atoms with Crippen molar-refractivity contribution in [2.24, 2.45) is 0 Å². The summed E-state index contributed by atoms with van der Waals surface area (Å²) in [7, 11) is 0. The van der Waals surface area contributed by atoms with Crippen LogP contribution in [0, 0.1) is 0 Å². The molecule has 0 radical (unpaired) electrons. The SMILES string of the molecule is CCCCCCC(C)OCc1ccoc1CNCCC. The van der Waals surface area contributed by atoms with Gasteiger partial charge in [0, 0.05) is 5.56 Å². The fraction of sp³-hybridized carbons (Fsp3) is 0.765. The number of ether oxygens (including phenoxy) is 1. The van der Waals surface area contributed by atoms with Gasteiger partial charge in [-0.1, -0.05) is 39.5 Å². The van der Waals surface area contributed by atoms with Crippen LogP contribution in [0.15, 0.2) is 16.7 Å². The van der Waals surface area contributed by atoms with Crippen LogP contribution in [0.5, 0.6) is 0 Å². The zero-order valence-corrected chi connectivity index (χ0v) is 13.4. The molecule has 116 valence electrons. The minimum atomic E-state index is 0.332. The number of furan rings is 1. The average Bonchev–Trinajstić information content (AvgIpc) is 2.89. The van der Waals surface area contributed by atoms with Crippen LogP contribution in [-0.4, -0.2) is 12.6 Å². The van der Waals surface area contributed by atoms with Crippen molar-refractivity contribution in [2.45, 2.75) is 78.6 Å². The third kappa shape index (κ3) is 7.11. The van der Waals surface area contributed by atoms with Crippen LogP contribution in [0.4, 0.5) is 0 Å². The zero-order valence-electron chi connectivity index (χ0n) is 13.4. The second-order valence-corrected chi connectivity index (χ2v) is 5.52. The smallest absolute Gasteiger partial charge is 0.123 e. The van der Waals surface area contributed by atoms with E-state index in [1.54, 1.807) is 6.26 Å². The predicted octanol–water partition coefficient (Wildman–Crippen LogP) is 4.65. The van der Waals surface area contributed by atoms with Gasteiger partial charge in [-0.15, -0.1) is 0 Å². The molecule has 20 heavy (non-hydrogen) atoms. The van der Waals surface area contributed by atoms with E-state index in [-0.39, 0.29) is 0 Å². The van der Waals surface area contributed by atoms with Crippen LogP contribution in [0.25, 0.3) is 0 Å². The summed E-state index contributed by atoms with van der Waals surface area (Å²) in [6, 6.07) is 2.02. The van der Waals surface area contributed by atoms with E-state index in [9.17, 15) is 0 Å². The lowest BCUT2D eigenvalue weighted by Crippen LogP contribution is -2.15. The summed E-state index contributed by atoms with van der Waals surface area (Å²) in [5, 5.41) is 3.36. The van der Waals surface area contributed by atoms with Crippen molar-refractivity contribution < 1.29 is 9.15 Å². The third-order valence-corrected chi connectivity index (χ3v) is 3.54. The standard InChI is InChI=1S/C17H31NO2/c1-4-6-7-8-9-15(3)20-14-16-10-12-19-17(16)13-18-11-5-2/h10,12,15,18H,4-9,11,13-14H2,1-3H3. The van der Waals surface area contributed by atoms with E-state index >= 15 is 0 Å². The van der Waals surface area contributed by atoms with Crippen LogP contribution < -0.4 is 5.32 Å². The molecule has 0 saturated heterocycles. The number of nitrogens with one attached hydrogen (secondary N) is 1. The Morgan fingerprint density at radius 3 is 2.80 bits per heavy atom. The van der Waals surface area contributed by atoms with E-state index in [4.69, 9.17) is 9.15 Å². The maximum Gasteiger partial charge on any atom is 0.123 e. The monoisotopic (exact) mass is 281 g/mol. The molecule has 1 heterocycles. The maximum atomic E-state index is 5.93. The fourth-order valence-electron chi connectivity index (χ4n) is 2.20. The first-order valence-electron chi connectivity index (χ1n) is 8.15. The maximum absolute atomic E-state index is 5.93. The molecule has 1 unspecified atom stereocenters. The van der Waals surface area contributed by atoms with Crippen molar-refractivity contribution in [2.75, 3.05) is 6.54 Å². The number of hydrogen-bond acceptors (Lipinski definition) is 3. The Morgan fingerprint density at radius 2 is 2.05 bits per heavy atom. The van der Waals surface area contributed by atoms with Crippen molar-refractivity contribution >= 4 is 0 Å². The van der Waals surface area contributed by atoms with Crippen LogP contribution in [-0.2, 0) is 17.9 Å². The van der Waals surface area contributed by atoms with Gasteiger partial charge in [-0.05, 0) is 32.4 Å². The lowest BCUT2D eigenvalue weighted by molar-refractivity contribution is 0.0450. The van der Waals surface area contributed by atoms with Crippen LogP contribution in [0.1, 0.15) is 70.6 Å². The molecule has 0 aromatic carbocycles. The van der Waals surface area contributed by atoms with Crippen molar-refractivity contribution in [1.82, 2.24) is 5.32 Å². The highest BCUT2D eigenvalue weighted by atomic mass is 16.5. The minimum absolute atomic E-state index is 0.332. The Bertz CT molecular complexity index is 335. The van der Waals surface area contributed by atoms with Crippen molar-refractivity contribution in [3.63, 3.8) is 0 Å². The minimum Gasteiger partial charge on any atom is -0.468 e. The van der Waals surface area contributed by atoms with Gasteiger partial charge in [-0.25, -0.2) is 0 Å². The molecule has 0 aliphatic rings. The normalized spacial score (nSPS) is 12.8. The molecule has 0 bridgehead atoms. The molecule has 0 aliphatic carbocycles. The third-order valence-electron chi connectivity index (χ3n) is 3.54. The second-order valence-electron chi connectivity index (χ2n) is 5.52. The van der Waals surface area contributed by atoms with Crippen molar-refractivity contribution in [3.05, 3.63) is 23.7 Å². The molecule has 3 nitrogen and oxygen atoms in total. The molecule has 0 aliphatic heterocycles. The van der Waals surface area contributed by atoms with Crippen LogP contribution >= 0.6 is 0 Å². The van der Waals surface area contributed by atoms with E-state index in [0.29, 0.717) is 12.7 Å². The van der Waals surface area contributed by atoms with Gasteiger partial charge in [0.25, 0.3) is 0 Å². The van der Waals surface area contributed by atoms with Crippen LogP contribution in [0.3, 0.4) is 0 Å². The van der Waals surface area contributed by atoms with E-state index in [1.807, 2.05) is 6.07 Å². The zero-order chi connectivity index (χ0) is 14.6. The van der Waals surface area contributed by atoms with Gasteiger partial charge in [0.1, 0.15) is 5.76 Å². The average molecular weight is 281 g/mol. The Hall–Kier alpha value is -0.800. The predicted molar refractivity (Wildman–Crippen MR) is 83.7 cm³/mol. The molecule has 1 aromatic rings. The lowest BCUT2D eigenvalue weighted by atomic mass is 10.1. The van der Waals surface area contributed by atoms with Crippen molar-refractivity contribution in [1.29, 1.82) is 0 Å². The molecular weight excluding hydrogens is 250 g/mol. The molecule has 0 fully saturated rings. The largest absolute Gasteiger partial charge is 0.468 e. The Labute approximate surface area is 124 Å². The summed E-state index contributed by atoms with van der Waals surface area (Å²) >= 11 is 0. The summed E-state index contributed by atoms with van der Waals surface area (Å²) in [5.41, 5.74) is 1.18. The Balaban J connectivity index is 2.21. The highest BCUT2D eigenvalue weighted by molar-refractivity contribution is 5.15. The molecule has 1 atom stereocenters. The van der Waals surface area contributed by atoms with Crippen molar-refractivity contribution in [3.8, 4) is 0 Å². The molecule has 0 amide bonds. The molecule has 1 N–H and O–H groups in total. The van der Waals surface area contributed by atoms with E-state index in [1.165, 1.54) is 31.2 Å². The molecule has 3 heteroatoms. The van der Waals surface area contributed by atoms with Crippen LogP contribution in [0.2, 0.25) is 0 Å². The van der Waals surface area contributed by atoms with Gasteiger partial charge in [-0.2, -0.15) is 0 Å². The van der Waals surface area contributed by atoms with E-state index < -0.39 is 0 Å². The molecule has 0 spiro atoms. The first-order valence-corrected chi connectivity index (χ1v) is 8.15. The van der Waals surface area contributed by atoms with E-state index in [0.717, 1.165) is 31.7 Å². The number of hydrogen-bond donors (Lipinski definition) is 1. The molecule has 0 saturated carbocycles. The second kappa shape index (κ2) is 10.9. The van der Waals surface area contributed by atoms with E-state index in [2.05, 4.69) is 26.1 Å². The lowest BCUT2D eigenvalue weighted by Gasteiger charge is -2.13. The Morgan fingerprint density at radius 1 is 1.20 bits per heavy atom. The van der Waals surface area contributed by atoms with Gasteiger partial charge in [0.15, 0.2) is 0 Å². The summed E-state index contributed by atoms with van der Waals surface area (Å²) in [5.74, 6) is 1.01. The summed E-state index contributed by atoms with van der Waals surface area (Å²) in [6.07, 6.45) is 9.60. The number of rotatable bonds is 12. The number of unbranched alkanes of at least 4 members (excludes halogenated alkanes) is 3. The first kappa shape index (κ1) is 17.3. The van der Waals surface area contributed by atoms with Gasteiger partial charge in [-0.3, -0.25) is 0 Å². The summed E-state index contributed by atoms with van der Waals surface area (Å²) in [6.45, 7) is 9.06. The molecule has 1 aromatic heterocycles. The summed E-state index contributed by atoms with van der Waals surface area (Å²) < 4.78 is 11.4. The fourth-order valence-corrected chi connectivity index (χ4v) is 2.20. The topological polar surface area (TPSA) is 34.4 Å². The van der Waals surface area contributed by atoms with Gasteiger partial charge < -0.3 is 14.5 Å². The van der Waals surface area contributed by atoms with Gasteiger partial charge >= 0.3 is 0 Å². The highest BCUT2D eigenvalue weighted by Gasteiger charge is 2.08.